The minimum atomic E-state index is -0.717. The van der Waals surface area contributed by atoms with E-state index in [0.717, 1.165) is 0 Å². The second kappa shape index (κ2) is 9.84. The molecule has 0 saturated carbocycles. The average molecular weight is 408 g/mol. The Kier molecular flexibility index (Phi) is 6.98. The van der Waals surface area contributed by atoms with Crippen molar-refractivity contribution in [3.05, 3.63) is 78.1 Å². The molecule has 1 saturated heterocycles. The van der Waals surface area contributed by atoms with Gasteiger partial charge in [0.1, 0.15) is 18.1 Å². The van der Waals surface area contributed by atoms with Crippen LogP contribution in [0.2, 0.25) is 0 Å². The molecule has 0 spiro atoms. The van der Waals surface area contributed by atoms with E-state index in [4.69, 9.17) is 9.47 Å². The third-order valence-corrected chi connectivity index (χ3v) is 4.78. The second-order valence-electron chi connectivity index (χ2n) is 6.75. The van der Waals surface area contributed by atoms with Gasteiger partial charge in [0.05, 0.1) is 11.6 Å². The summed E-state index contributed by atoms with van der Waals surface area (Å²) in [5.74, 6) is -0.986. The van der Waals surface area contributed by atoms with Crippen molar-refractivity contribution in [2.75, 3.05) is 26.9 Å². The number of ketones is 1. The summed E-state index contributed by atoms with van der Waals surface area (Å²) in [5.41, 5.74) is 1.12. The van der Waals surface area contributed by atoms with Crippen LogP contribution in [0.1, 0.15) is 23.6 Å². The van der Waals surface area contributed by atoms with Crippen LogP contribution in [-0.4, -0.2) is 53.5 Å². The summed E-state index contributed by atoms with van der Waals surface area (Å²) in [6.45, 7) is 4.74. The molecule has 1 aromatic carbocycles. The Hall–Kier alpha value is -3.45. The van der Waals surface area contributed by atoms with E-state index in [1.807, 2.05) is 0 Å². The number of methoxy groups -OCH3 is 1. The van der Waals surface area contributed by atoms with Crippen molar-refractivity contribution in [3.63, 3.8) is 0 Å². The van der Waals surface area contributed by atoms with Crippen molar-refractivity contribution >= 4 is 17.4 Å². The standard InChI is InChI=1S/C23H24N2O5/c1-3-13-30-18-9-7-16(8-10-18)21(26)19-20(17-6-4-11-24-15-17)25(12-5-14-29-2)23(28)22(19)27/h3-4,6-11,15,20,26H,1,5,12-14H2,2H3/t20-/m0/s1. The third-order valence-electron chi connectivity index (χ3n) is 4.78. The normalized spacial score (nSPS) is 17.9. The van der Waals surface area contributed by atoms with Gasteiger partial charge in [-0.15, -0.1) is 0 Å². The summed E-state index contributed by atoms with van der Waals surface area (Å²) in [4.78, 5) is 31.2. The van der Waals surface area contributed by atoms with E-state index in [-0.39, 0.29) is 11.3 Å². The maximum Gasteiger partial charge on any atom is 0.295 e. The van der Waals surface area contributed by atoms with Gasteiger partial charge >= 0.3 is 0 Å². The monoisotopic (exact) mass is 408 g/mol. The fourth-order valence-corrected chi connectivity index (χ4v) is 3.39. The molecule has 1 N–H and O–H groups in total. The molecule has 1 atom stereocenters. The lowest BCUT2D eigenvalue weighted by atomic mass is 9.96. The van der Waals surface area contributed by atoms with Crippen LogP contribution in [0.4, 0.5) is 0 Å². The zero-order valence-corrected chi connectivity index (χ0v) is 16.8. The minimum absolute atomic E-state index is 0.0465. The summed E-state index contributed by atoms with van der Waals surface area (Å²) in [6.07, 6.45) is 5.41. The number of ether oxygens (including phenoxy) is 2. The van der Waals surface area contributed by atoms with Crippen molar-refractivity contribution in [1.29, 1.82) is 0 Å². The Morgan fingerprint density at radius 2 is 2.03 bits per heavy atom. The zero-order valence-electron chi connectivity index (χ0n) is 16.8. The van der Waals surface area contributed by atoms with Crippen LogP contribution in [0.3, 0.4) is 0 Å². The van der Waals surface area contributed by atoms with Crippen LogP contribution < -0.4 is 4.74 Å². The molecule has 1 aliphatic rings. The van der Waals surface area contributed by atoms with Gasteiger partial charge in [0.2, 0.25) is 0 Å². The second-order valence-corrected chi connectivity index (χ2v) is 6.75. The first-order valence-corrected chi connectivity index (χ1v) is 9.60. The van der Waals surface area contributed by atoms with E-state index < -0.39 is 17.7 Å². The van der Waals surface area contributed by atoms with Crippen LogP contribution in [0, 0.1) is 0 Å². The Bertz CT molecular complexity index is 938. The highest BCUT2D eigenvalue weighted by Gasteiger charge is 2.45. The first kappa shape index (κ1) is 21.3. The molecule has 2 heterocycles. The number of likely N-dealkylation sites (tertiary alicyclic amines) is 1. The quantitative estimate of drug-likeness (QED) is 0.225. The van der Waals surface area contributed by atoms with E-state index >= 15 is 0 Å². The number of carbonyl (C=O) groups is 2. The maximum absolute atomic E-state index is 12.9. The van der Waals surface area contributed by atoms with Crippen LogP contribution in [-0.2, 0) is 14.3 Å². The van der Waals surface area contributed by atoms with Gasteiger partial charge in [-0.1, -0.05) is 18.7 Å². The lowest BCUT2D eigenvalue weighted by molar-refractivity contribution is -0.140. The highest BCUT2D eigenvalue weighted by atomic mass is 16.5. The number of aliphatic hydroxyl groups is 1. The number of benzene rings is 1. The van der Waals surface area contributed by atoms with Crippen molar-refractivity contribution in [2.45, 2.75) is 12.5 Å². The molecule has 2 aromatic rings. The van der Waals surface area contributed by atoms with Gasteiger partial charge in [0, 0.05) is 38.2 Å². The number of Topliss-reactive ketones (excluding diaryl/α,β-unsaturated/α-hetero) is 1. The van der Waals surface area contributed by atoms with Gasteiger partial charge in [0.15, 0.2) is 0 Å². The van der Waals surface area contributed by atoms with Crippen molar-refractivity contribution < 1.29 is 24.2 Å². The van der Waals surface area contributed by atoms with Crippen molar-refractivity contribution in [1.82, 2.24) is 9.88 Å². The van der Waals surface area contributed by atoms with E-state index in [0.29, 0.717) is 43.1 Å². The van der Waals surface area contributed by atoms with Crippen molar-refractivity contribution in [2.24, 2.45) is 0 Å². The molecule has 0 aliphatic carbocycles. The maximum atomic E-state index is 12.9. The number of aliphatic hydroxyl groups excluding tert-OH is 1. The topological polar surface area (TPSA) is 89.0 Å². The lowest BCUT2D eigenvalue weighted by Gasteiger charge is -2.25. The molecule has 30 heavy (non-hydrogen) atoms. The SMILES string of the molecule is C=CCOc1ccc(C(O)=C2C(=O)C(=O)N(CCCOC)[C@H]2c2cccnc2)cc1. The van der Waals surface area contributed by atoms with Crippen LogP contribution in [0.15, 0.2) is 67.0 Å². The molecule has 0 radical (unpaired) electrons. The highest BCUT2D eigenvalue weighted by molar-refractivity contribution is 6.46. The van der Waals surface area contributed by atoms with Crippen LogP contribution in [0.25, 0.3) is 5.76 Å². The average Bonchev–Trinajstić information content (AvgIpc) is 3.03. The zero-order chi connectivity index (χ0) is 21.5. The Labute approximate surface area is 175 Å². The molecule has 156 valence electrons. The number of pyridine rings is 1. The smallest absolute Gasteiger partial charge is 0.295 e. The molecule has 0 unspecified atom stereocenters. The van der Waals surface area contributed by atoms with Gasteiger partial charge < -0.3 is 19.5 Å². The Morgan fingerprint density at radius 1 is 1.27 bits per heavy atom. The van der Waals surface area contributed by atoms with E-state index in [1.54, 1.807) is 62.0 Å². The van der Waals surface area contributed by atoms with Crippen LogP contribution >= 0.6 is 0 Å². The Morgan fingerprint density at radius 3 is 2.67 bits per heavy atom. The third kappa shape index (κ3) is 4.41. The molecule has 1 aliphatic heterocycles. The van der Waals surface area contributed by atoms with Gasteiger partial charge in [-0.25, -0.2) is 0 Å². The number of nitrogens with zero attached hydrogens (tertiary/aromatic N) is 2. The fraction of sp³-hybridized carbons (Fsp3) is 0.261. The number of rotatable bonds is 9. The lowest BCUT2D eigenvalue weighted by Crippen LogP contribution is -2.31. The van der Waals surface area contributed by atoms with E-state index in [1.165, 1.54) is 4.90 Å². The summed E-state index contributed by atoms with van der Waals surface area (Å²) < 4.78 is 10.5. The number of amides is 1. The summed E-state index contributed by atoms with van der Waals surface area (Å²) >= 11 is 0. The summed E-state index contributed by atoms with van der Waals surface area (Å²) in [6, 6.07) is 9.47. The summed E-state index contributed by atoms with van der Waals surface area (Å²) in [5, 5.41) is 11.0. The number of aromatic nitrogens is 1. The highest BCUT2D eigenvalue weighted by Crippen LogP contribution is 2.39. The molecule has 7 nitrogen and oxygen atoms in total. The molecule has 1 amide bonds. The van der Waals surface area contributed by atoms with Gasteiger partial charge in [-0.05, 0) is 42.3 Å². The van der Waals surface area contributed by atoms with E-state index in [2.05, 4.69) is 11.6 Å². The van der Waals surface area contributed by atoms with E-state index in [9.17, 15) is 14.7 Å². The minimum Gasteiger partial charge on any atom is -0.507 e. The summed E-state index contributed by atoms with van der Waals surface area (Å²) in [7, 11) is 1.58. The first-order chi connectivity index (χ1) is 14.6. The largest absolute Gasteiger partial charge is 0.507 e. The molecular weight excluding hydrogens is 384 g/mol. The molecule has 1 fully saturated rings. The predicted molar refractivity (Wildman–Crippen MR) is 112 cm³/mol. The first-order valence-electron chi connectivity index (χ1n) is 9.60. The van der Waals surface area contributed by atoms with Gasteiger partial charge in [0.25, 0.3) is 11.7 Å². The number of hydrogen-bond acceptors (Lipinski definition) is 6. The fourth-order valence-electron chi connectivity index (χ4n) is 3.39. The molecule has 3 rings (SSSR count). The van der Waals surface area contributed by atoms with Crippen molar-refractivity contribution in [3.8, 4) is 5.75 Å². The van der Waals surface area contributed by atoms with Gasteiger partial charge in [-0.2, -0.15) is 0 Å². The molecule has 1 aromatic heterocycles. The molecule has 0 bridgehead atoms. The number of carbonyl (C=O) groups excluding carboxylic acids is 2. The van der Waals surface area contributed by atoms with Gasteiger partial charge in [-0.3, -0.25) is 14.6 Å². The van der Waals surface area contributed by atoms with Crippen LogP contribution in [0.5, 0.6) is 5.75 Å². The molecule has 7 heteroatoms. The molecular formula is C23H24N2O5. The predicted octanol–water partition coefficient (Wildman–Crippen LogP) is 3.10. The number of hydrogen-bond donors (Lipinski definition) is 1. The Balaban J connectivity index is 2.01.